The van der Waals surface area contributed by atoms with Gasteiger partial charge in [-0.15, -0.1) is 0 Å². The third kappa shape index (κ3) is 4.64. The lowest BCUT2D eigenvalue weighted by molar-refractivity contribution is -0.122. The molecule has 0 saturated heterocycles. The van der Waals surface area contributed by atoms with Crippen LogP contribution in [0.2, 0.25) is 0 Å². The summed E-state index contributed by atoms with van der Waals surface area (Å²) in [6.07, 6.45) is 4.98. The molecule has 20 heavy (non-hydrogen) atoms. The number of amides is 1. The van der Waals surface area contributed by atoms with E-state index in [1.165, 1.54) is 18.4 Å². The molecule has 0 aliphatic heterocycles. The summed E-state index contributed by atoms with van der Waals surface area (Å²) < 4.78 is 0. The summed E-state index contributed by atoms with van der Waals surface area (Å²) in [5.74, 6) is 1.33. The van der Waals surface area contributed by atoms with Gasteiger partial charge in [0, 0.05) is 6.42 Å². The van der Waals surface area contributed by atoms with Crippen LogP contribution in [0, 0.1) is 11.8 Å². The lowest BCUT2D eigenvalue weighted by Crippen LogP contribution is -2.30. The first-order valence-electron chi connectivity index (χ1n) is 7.75. The Morgan fingerprint density at radius 2 is 2.00 bits per heavy atom. The second-order valence-corrected chi connectivity index (χ2v) is 6.01. The zero-order chi connectivity index (χ0) is 14.4. The molecule has 2 rings (SSSR count). The Balaban J connectivity index is 1.84. The first-order chi connectivity index (χ1) is 9.70. The van der Waals surface area contributed by atoms with E-state index in [2.05, 4.69) is 24.4 Å². The summed E-state index contributed by atoms with van der Waals surface area (Å²) in [5, 5.41) is 3.22. The van der Waals surface area contributed by atoms with Crippen molar-refractivity contribution in [2.45, 2.75) is 45.1 Å². The fourth-order valence-corrected chi connectivity index (χ4v) is 2.62. The van der Waals surface area contributed by atoms with Crippen LogP contribution in [0.25, 0.3) is 0 Å². The second kappa shape index (κ2) is 7.44. The van der Waals surface area contributed by atoms with E-state index < -0.39 is 0 Å². The highest BCUT2D eigenvalue weighted by molar-refractivity contribution is 5.76. The van der Waals surface area contributed by atoms with Crippen molar-refractivity contribution >= 4 is 5.91 Å². The number of nitrogens with one attached hydrogen (secondary N) is 1. The number of nitrogens with two attached hydrogens (primary N) is 1. The van der Waals surface area contributed by atoms with Crippen LogP contribution in [0.1, 0.15) is 50.6 Å². The fourth-order valence-electron chi connectivity index (χ4n) is 2.62. The highest BCUT2D eigenvalue weighted by Crippen LogP contribution is 2.40. The van der Waals surface area contributed by atoms with Crippen molar-refractivity contribution in [3.05, 3.63) is 35.9 Å². The minimum absolute atomic E-state index is 0.176. The molecule has 1 fully saturated rings. The van der Waals surface area contributed by atoms with Gasteiger partial charge in [-0.25, -0.2) is 0 Å². The Morgan fingerprint density at radius 1 is 1.30 bits per heavy atom. The monoisotopic (exact) mass is 274 g/mol. The van der Waals surface area contributed by atoms with Gasteiger partial charge >= 0.3 is 0 Å². The molecule has 3 nitrogen and oxygen atoms in total. The van der Waals surface area contributed by atoms with E-state index in [-0.39, 0.29) is 11.9 Å². The predicted octanol–water partition coefficient (Wildman–Crippen LogP) is 3.02. The molecule has 0 aromatic heterocycles. The summed E-state index contributed by atoms with van der Waals surface area (Å²) in [4.78, 5) is 12.1. The second-order valence-electron chi connectivity index (χ2n) is 6.01. The first-order valence-corrected chi connectivity index (χ1v) is 7.75. The van der Waals surface area contributed by atoms with Gasteiger partial charge in [-0.2, -0.15) is 0 Å². The molecule has 1 aromatic carbocycles. The molecular formula is C17H26N2O. The van der Waals surface area contributed by atoms with E-state index in [9.17, 15) is 4.79 Å². The lowest BCUT2D eigenvalue weighted by atomic mass is 10.00. The maximum absolute atomic E-state index is 12.1. The molecule has 1 amide bonds. The zero-order valence-electron chi connectivity index (χ0n) is 12.3. The van der Waals surface area contributed by atoms with E-state index in [0.717, 1.165) is 12.8 Å². The SMILES string of the molecule is CC(CCN)CCC(=O)NC(c1ccccc1)C1CC1. The number of rotatable bonds is 8. The topological polar surface area (TPSA) is 55.1 Å². The van der Waals surface area contributed by atoms with E-state index in [1.54, 1.807) is 0 Å². The van der Waals surface area contributed by atoms with Crippen LogP contribution in [0.4, 0.5) is 0 Å². The molecule has 1 aliphatic rings. The minimum Gasteiger partial charge on any atom is -0.349 e. The lowest BCUT2D eigenvalue weighted by Gasteiger charge is -2.19. The zero-order valence-corrected chi connectivity index (χ0v) is 12.3. The molecule has 1 aliphatic carbocycles. The van der Waals surface area contributed by atoms with Gasteiger partial charge in [-0.05, 0) is 49.6 Å². The summed E-state index contributed by atoms with van der Waals surface area (Å²) in [6.45, 7) is 2.87. The highest BCUT2D eigenvalue weighted by atomic mass is 16.1. The molecule has 1 aromatic rings. The first kappa shape index (κ1) is 15.0. The van der Waals surface area contributed by atoms with Gasteiger partial charge in [0.25, 0.3) is 0 Å². The molecule has 2 unspecified atom stereocenters. The normalized spacial score (nSPS) is 17.5. The number of benzene rings is 1. The van der Waals surface area contributed by atoms with Gasteiger partial charge in [-0.3, -0.25) is 4.79 Å². The van der Waals surface area contributed by atoms with Crippen molar-refractivity contribution < 1.29 is 4.79 Å². The van der Waals surface area contributed by atoms with Gasteiger partial charge < -0.3 is 11.1 Å². The smallest absolute Gasteiger partial charge is 0.220 e. The van der Waals surface area contributed by atoms with E-state index in [0.29, 0.717) is 24.8 Å². The quantitative estimate of drug-likeness (QED) is 0.765. The Morgan fingerprint density at radius 3 is 2.60 bits per heavy atom. The molecule has 0 spiro atoms. The van der Waals surface area contributed by atoms with Gasteiger partial charge in [0.15, 0.2) is 0 Å². The highest BCUT2D eigenvalue weighted by Gasteiger charge is 2.33. The average Bonchev–Trinajstić information content (AvgIpc) is 3.28. The van der Waals surface area contributed by atoms with Gasteiger partial charge in [-0.1, -0.05) is 37.3 Å². The molecular weight excluding hydrogens is 248 g/mol. The van der Waals surface area contributed by atoms with Crippen LogP contribution < -0.4 is 11.1 Å². The summed E-state index contributed by atoms with van der Waals surface area (Å²) >= 11 is 0. The van der Waals surface area contributed by atoms with Crippen LogP contribution >= 0.6 is 0 Å². The van der Waals surface area contributed by atoms with Crippen molar-refractivity contribution in [1.82, 2.24) is 5.32 Å². The van der Waals surface area contributed by atoms with Crippen molar-refractivity contribution in [2.75, 3.05) is 6.54 Å². The maximum atomic E-state index is 12.1. The Bertz CT molecular complexity index is 414. The number of hydrogen-bond donors (Lipinski definition) is 2. The summed E-state index contributed by atoms with van der Waals surface area (Å²) in [6, 6.07) is 10.5. The van der Waals surface area contributed by atoms with Crippen molar-refractivity contribution in [3.8, 4) is 0 Å². The molecule has 1 saturated carbocycles. The Kier molecular flexibility index (Phi) is 5.60. The fraction of sp³-hybridized carbons (Fsp3) is 0.588. The Labute approximate surface area is 121 Å². The van der Waals surface area contributed by atoms with Crippen molar-refractivity contribution in [1.29, 1.82) is 0 Å². The predicted molar refractivity (Wildman–Crippen MR) is 82.1 cm³/mol. The molecule has 0 heterocycles. The third-order valence-electron chi connectivity index (χ3n) is 4.09. The molecule has 0 radical (unpaired) electrons. The standard InChI is InChI=1S/C17H26N2O/c1-13(11-12-18)7-10-16(20)19-17(15-8-9-15)14-5-3-2-4-6-14/h2-6,13,15,17H,7-12,18H2,1H3,(H,19,20). The number of carbonyl (C=O) groups excluding carboxylic acids is 1. The van der Waals surface area contributed by atoms with Crippen molar-refractivity contribution in [2.24, 2.45) is 17.6 Å². The third-order valence-corrected chi connectivity index (χ3v) is 4.09. The van der Waals surface area contributed by atoms with Crippen molar-refractivity contribution in [3.63, 3.8) is 0 Å². The molecule has 0 bridgehead atoms. The summed E-state index contributed by atoms with van der Waals surface area (Å²) in [5.41, 5.74) is 6.77. The average molecular weight is 274 g/mol. The van der Waals surface area contributed by atoms with Crippen LogP contribution in [0.5, 0.6) is 0 Å². The van der Waals surface area contributed by atoms with Gasteiger partial charge in [0.2, 0.25) is 5.91 Å². The van der Waals surface area contributed by atoms with Gasteiger partial charge in [0.05, 0.1) is 6.04 Å². The molecule has 2 atom stereocenters. The Hall–Kier alpha value is -1.35. The van der Waals surface area contributed by atoms with E-state index in [4.69, 9.17) is 5.73 Å². The van der Waals surface area contributed by atoms with E-state index >= 15 is 0 Å². The number of carbonyl (C=O) groups is 1. The number of hydrogen-bond acceptors (Lipinski definition) is 2. The van der Waals surface area contributed by atoms with Crippen LogP contribution in [-0.4, -0.2) is 12.5 Å². The van der Waals surface area contributed by atoms with E-state index in [1.807, 2.05) is 18.2 Å². The van der Waals surface area contributed by atoms with Crippen LogP contribution in [-0.2, 0) is 4.79 Å². The summed E-state index contributed by atoms with van der Waals surface area (Å²) in [7, 11) is 0. The maximum Gasteiger partial charge on any atom is 0.220 e. The molecule has 110 valence electrons. The molecule has 3 N–H and O–H groups in total. The van der Waals surface area contributed by atoms with Gasteiger partial charge in [0.1, 0.15) is 0 Å². The van der Waals surface area contributed by atoms with Crippen LogP contribution in [0.15, 0.2) is 30.3 Å². The van der Waals surface area contributed by atoms with Crippen LogP contribution in [0.3, 0.4) is 0 Å². The largest absolute Gasteiger partial charge is 0.349 e. The molecule has 3 heteroatoms. The minimum atomic E-state index is 0.176.